The normalized spacial score (nSPS) is 12.2. The molecule has 0 radical (unpaired) electrons. The molecule has 2 N–H and O–H groups in total. The number of ether oxygens (including phenoxy) is 2. The summed E-state index contributed by atoms with van der Waals surface area (Å²) in [5.41, 5.74) is 6.53. The zero-order chi connectivity index (χ0) is 15.7. The van der Waals surface area contributed by atoms with Gasteiger partial charge in [-0.3, -0.25) is 9.59 Å². The highest BCUT2D eigenvalue weighted by atomic mass is 16.5. The van der Waals surface area contributed by atoms with Gasteiger partial charge in [-0.15, -0.1) is 0 Å². The van der Waals surface area contributed by atoms with Crippen LogP contribution in [0.5, 0.6) is 11.5 Å². The highest BCUT2D eigenvalue weighted by Crippen LogP contribution is 2.36. The molecule has 1 unspecified atom stereocenters. The standard InChI is InChI=1S/C15H18N2O4/c1-8(15(16)19)17-7-11(9(2)18)14-12(17)5-10(20-3)6-13(14)21-4/h5-8H,1-4H3,(H2,16,19). The lowest BCUT2D eigenvalue weighted by Crippen LogP contribution is -2.23. The molecule has 112 valence electrons. The van der Waals surface area contributed by atoms with Crippen LogP contribution in [0, 0.1) is 0 Å². The number of rotatable bonds is 5. The van der Waals surface area contributed by atoms with Gasteiger partial charge in [-0.2, -0.15) is 0 Å². The summed E-state index contributed by atoms with van der Waals surface area (Å²) in [7, 11) is 3.06. The second-order valence-electron chi connectivity index (χ2n) is 4.81. The maximum atomic E-state index is 11.9. The summed E-state index contributed by atoms with van der Waals surface area (Å²) in [5, 5.41) is 0.652. The third-order valence-corrected chi connectivity index (χ3v) is 3.53. The summed E-state index contributed by atoms with van der Waals surface area (Å²) in [5.74, 6) is 0.498. The number of benzene rings is 1. The van der Waals surface area contributed by atoms with Crippen molar-refractivity contribution in [2.75, 3.05) is 14.2 Å². The average Bonchev–Trinajstić information content (AvgIpc) is 2.84. The second kappa shape index (κ2) is 5.47. The number of carbonyl (C=O) groups excluding carboxylic acids is 2. The Kier molecular flexibility index (Phi) is 3.88. The van der Waals surface area contributed by atoms with Crippen molar-refractivity contribution in [3.05, 3.63) is 23.9 Å². The van der Waals surface area contributed by atoms with Gasteiger partial charge in [0, 0.05) is 23.9 Å². The Hall–Kier alpha value is -2.50. The molecule has 0 saturated heterocycles. The predicted molar refractivity (Wildman–Crippen MR) is 79.0 cm³/mol. The number of primary amides is 1. The fourth-order valence-corrected chi connectivity index (χ4v) is 2.33. The smallest absolute Gasteiger partial charge is 0.240 e. The summed E-state index contributed by atoms with van der Waals surface area (Å²) in [6.07, 6.45) is 1.63. The van der Waals surface area contributed by atoms with E-state index in [1.165, 1.54) is 21.1 Å². The summed E-state index contributed by atoms with van der Waals surface area (Å²) >= 11 is 0. The zero-order valence-electron chi connectivity index (χ0n) is 12.5. The maximum absolute atomic E-state index is 11.9. The lowest BCUT2D eigenvalue weighted by Gasteiger charge is -2.13. The molecule has 1 aromatic carbocycles. The van der Waals surface area contributed by atoms with E-state index in [1.807, 2.05) is 0 Å². The SMILES string of the molecule is COc1cc(OC)c2c(C(C)=O)cn(C(C)C(N)=O)c2c1. The fourth-order valence-electron chi connectivity index (χ4n) is 2.33. The molecular formula is C15H18N2O4. The molecule has 0 saturated carbocycles. The van der Waals surface area contributed by atoms with Crippen LogP contribution in [0.2, 0.25) is 0 Å². The van der Waals surface area contributed by atoms with Gasteiger partial charge in [0.1, 0.15) is 17.5 Å². The van der Waals surface area contributed by atoms with E-state index < -0.39 is 11.9 Å². The van der Waals surface area contributed by atoms with Crippen molar-refractivity contribution >= 4 is 22.6 Å². The molecular weight excluding hydrogens is 272 g/mol. The number of nitrogens with zero attached hydrogens (tertiary/aromatic N) is 1. The Morgan fingerprint density at radius 2 is 1.90 bits per heavy atom. The maximum Gasteiger partial charge on any atom is 0.240 e. The zero-order valence-corrected chi connectivity index (χ0v) is 12.5. The van der Waals surface area contributed by atoms with E-state index in [4.69, 9.17) is 15.2 Å². The van der Waals surface area contributed by atoms with E-state index >= 15 is 0 Å². The van der Waals surface area contributed by atoms with Crippen LogP contribution in [0.4, 0.5) is 0 Å². The Morgan fingerprint density at radius 3 is 2.38 bits per heavy atom. The van der Waals surface area contributed by atoms with Crippen molar-refractivity contribution < 1.29 is 19.1 Å². The number of methoxy groups -OCH3 is 2. The van der Waals surface area contributed by atoms with Gasteiger partial charge in [-0.25, -0.2) is 0 Å². The largest absolute Gasteiger partial charge is 0.497 e. The monoisotopic (exact) mass is 290 g/mol. The highest BCUT2D eigenvalue weighted by molar-refractivity contribution is 6.10. The van der Waals surface area contributed by atoms with Gasteiger partial charge >= 0.3 is 0 Å². The Bertz CT molecular complexity index is 718. The number of amides is 1. The van der Waals surface area contributed by atoms with Crippen LogP contribution in [0.25, 0.3) is 10.9 Å². The number of ketones is 1. The Balaban J connectivity index is 2.87. The summed E-state index contributed by atoms with van der Waals surface area (Å²) in [6, 6.07) is 2.87. The number of carbonyl (C=O) groups is 2. The predicted octanol–water partition coefficient (Wildman–Crippen LogP) is 1.91. The van der Waals surface area contributed by atoms with Gasteiger partial charge in [0.15, 0.2) is 5.78 Å². The molecule has 0 bridgehead atoms. The second-order valence-corrected chi connectivity index (χ2v) is 4.81. The molecule has 0 spiro atoms. The van der Waals surface area contributed by atoms with Gasteiger partial charge in [-0.1, -0.05) is 0 Å². The van der Waals surface area contributed by atoms with Crippen LogP contribution in [-0.2, 0) is 4.79 Å². The lowest BCUT2D eigenvalue weighted by molar-refractivity contribution is -0.120. The third-order valence-electron chi connectivity index (χ3n) is 3.53. The molecule has 0 fully saturated rings. The molecule has 0 aliphatic carbocycles. The fraction of sp³-hybridized carbons (Fsp3) is 0.333. The number of nitrogens with two attached hydrogens (primary N) is 1. The summed E-state index contributed by atoms with van der Waals surface area (Å²) in [4.78, 5) is 23.4. The van der Waals surface area contributed by atoms with Crippen molar-refractivity contribution in [3.63, 3.8) is 0 Å². The minimum Gasteiger partial charge on any atom is -0.497 e. The molecule has 0 aliphatic rings. The van der Waals surface area contributed by atoms with Crippen LogP contribution >= 0.6 is 0 Å². The Labute approximate surface area is 122 Å². The van der Waals surface area contributed by atoms with E-state index in [2.05, 4.69) is 0 Å². The molecule has 1 aromatic heterocycles. The van der Waals surface area contributed by atoms with Crippen LogP contribution in [-0.4, -0.2) is 30.5 Å². The first-order valence-corrected chi connectivity index (χ1v) is 6.47. The van der Waals surface area contributed by atoms with Crippen molar-refractivity contribution in [1.29, 1.82) is 0 Å². The van der Waals surface area contributed by atoms with Crippen molar-refractivity contribution in [2.45, 2.75) is 19.9 Å². The first-order chi connectivity index (χ1) is 9.90. The minimum absolute atomic E-state index is 0.112. The summed E-state index contributed by atoms with van der Waals surface area (Å²) < 4.78 is 12.3. The van der Waals surface area contributed by atoms with Crippen molar-refractivity contribution in [1.82, 2.24) is 4.57 Å². The number of fused-ring (bicyclic) bond motifs is 1. The van der Waals surface area contributed by atoms with Crippen molar-refractivity contribution in [2.24, 2.45) is 5.73 Å². The quantitative estimate of drug-likeness (QED) is 0.852. The first kappa shape index (κ1) is 14.9. The van der Waals surface area contributed by atoms with Crippen LogP contribution < -0.4 is 15.2 Å². The van der Waals surface area contributed by atoms with E-state index in [0.717, 1.165) is 0 Å². The topological polar surface area (TPSA) is 83.6 Å². The number of hydrogen-bond acceptors (Lipinski definition) is 4. The van der Waals surface area contributed by atoms with E-state index in [-0.39, 0.29) is 5.78 Å². The van der Waals surface area contributed by atoms with Crippen LogP contribution in [0.15, 0.2) is 18.3 Å². The molecule has 1 amide bonds. The molecule has 6 heteroatoms. The molecule has 1 heterocycles. The highest BCUT2D eigenvalue weighted by Gasteiger charge is 2.22. The van der Waals surface area contributed by atoms with E-state index in [9.17, 15) is 9.59 Å². The van der Waals surface area contributed by atoms with Crippen molar-refractivity contribution in [3.8, 4) is 11.5 Å². The third kappa shape index (κ3) is 2.44. The molecule has 21 heavy (non-hydrogen) atoms. The number of hydrogen-bond donors (Lipinski definition) is 1. The number of aromatic nitrogens is 1. The average molecular weight is 290 g/mol. The Morgan fingerprint density at radius 1 is 1.24 bits per heavy atom. The minimum atomic E-state index is -0.586. The van der Waals surface area contributed by atoms with E-state index in [1.54, 1.807) is 29.8 Å². The summed E-state index contributed by atoms with van der Waals surface area (Å²) in [6.45, 7) is 3.15. The van der Waals surface area contributed by atoms with Gasteiger partial charge in [0.05, 0.1) is 25.1 Å². The molecule has 1 atom stereocenters. The molecule has 2 aromatic rings. The van der Waals surface area contributed by atoms with Gasteiger partial charge in [0.2, 0.25) is 5.91 Å². The molecule has 0 aliphatic heterocycles. The van der Waals surface area contributed by atoms with Crippen LogP contribution in [0.3, 0.4) is 0 Å². The molecule has 6 nitrogen and oxygen atoms in total. The van der Waals surface area contributed by atoms with Gasteiger partial charge in [-0.05, 0) is 13.8 Å². The van der Waals surface area contributed by atoms with Gasteiger partial charge < -0.3 is 19.8 Å². The first-order valence-electron chi connectivity index (χ1n) is 6.47. The molecule has 2 rings (SSSR count). The lowest BCUT2D eigenvalue weighted by atomic mass is 10.1. The number of Topliss-reactive ketones (excluding diaryl/α,β-unsaturated/α-hetero) is 1. The van der Waals surface area contributed by atoms with Gasteiger partial charge in [0.25, 0.3) is 0 Å². The van der Waals surface area contributed by atoms with Crippen LogP contribution in [0.1, 0.15) is 30.2 Å². The van der Waals surface area contributed by atoms with E-state index in [0.29, 0.717) is 28.0 Å².